The van der Waals surface area contributed by atoms with Gasteiger partial charge in [-0.15, -0.1) is 11.8 Å². The molecule has 0 aromatic heterocycles. The maximum atomic E-state index is 9.01. The lowest BCUT2D eigenvalue weighted by atomic mass is 10.00. The van der Waals surface area contributed by atoms with Crippen LogP contribution in [0.1, 0.15) is 5.56 Å². The van der Waals surface area contributed by atoms with Gasteiger partial charge in [0.2, 0.25) is 0 Å². The van der Waals surface area contributed by atoms with Crippen molar-refractivity contribution in [1.29, 1.82) is 0 Å². The van der Waals surface area contributed by atoms with Crippen LogP contribution in [0.25, 0.3) is 11.1 Å². The number of benzene rings is 2. The third-order valence-electron chi connectivity index (χ3n) is 3.08. The summed E-state index contributed by atoms with van der Waals surface area (Å²) in [5, 5.41) is 9.01. The van der Waals surface area contributed by atoms with E-state index in [0.29, 0.717) is 6.42 Å². The first-order valence-corrected chi connectivity index (χ1v) is 7.55. The Kier molecular flexibility index (Phi) is 5.02. The van der Waals surface area contributed by atoms with Crippen molar-refractivity contribution in [3.05, 3.63) is 54.1 Å². The molecule has 0 aliphatic carbocycles. The zero-order chi connectivity index (χ0) is 13.7. The summed E-state index contributed by atoms with van der Waals surface area (Å²) >= 11 is 1.74. The van der Waals surface area contributed by atoms with Crippen molar-refractivity contribution in [3.8, 4) is 11.1 Å². The van der Waals surface area contributed by atoms with E-state index in [1.807, 2.05) is 6.07 Å². The fraction of sp³-hybridized carbons (Fsp3) is 0.250. The lowest BCUT2D eigenvalue weighted by molar-refractivity contribution is 0.265. The largest absolute Gasteiger partial charge is 0.395 e. The molecule has 0 amide bonds. The number of rotatable bonds is 5. The molecule has 0 fully saturated rings. The highest BCUT2D eigenvalue weighted by atomic mass is 32.2. The SMILES string of the molecule is CSc1ccc(-c2cccc(CC(N)CO)c2)cc1. The van der Waals surface area contributed by atoms with E-state index in [1.54, 1.807) is 11.8 Å². The van der Waals surface area contributed by atoms with E-state index in [0.717, 1.165) is 5.56 Å². The summed E-state index contributed by atoms with van der Waals surface area (Å²) in [5.74, 6) is 0. The van der Waals surface area contributed by atoms with Gasteiger partial charge < -0.3 is 10.8 Å². The zero-order valence-electron chi connectivity index (χ0n) is 11.0. The molecule has 0 heterocycles. The molecule has 2 aromatic rings. The molecule has 1 atom stereocenters. The van der Waals surface area contributed by atoms with Crippen LogP contribution in [0.3, 0.4) is 0 Å². The van der Waals surface area contributed by atoms with E-state index in [-0.39, 0.29) is 12.6 Å². The minimum Gasteiger partial charge on any atom is -0.395 e. The van der Waals surface area contributed by atoms with Gasteiger partial charge in [0.25, 0.3) is 0 Å². The van der Waals surface area contributed by atoms with Gasteiger partial charge in [-0.05, 0) is 41.5 Å². The van der Waals surface area contributed by atoms with Gasteiger partial charge in [0.05, 0.1) is 6.61 Å². The van der Waals surface area contributed by atoms with Crippen LogP contribution in [0.2, 0.25) is 0 Å². The van der Waals surface area contributed by atoms with Crippen LogP contribution < -0.4 is 5.73 Å². The number of aliphatic hydroxyl groups is 1. The summed E-state index contributed by atoms with van der Waals surface area (Å²) in [6.07, 6.45) is 2.78. The fourth-order valence-corrected chi connectivity index (χ4v) is 2.44. The molecule has 0 spiro atoms. The fourth-order valence-electron chi connectivity index (χ4n) is 2.03. The molecule has 2 nitrogen and oxygen atoms in total. The van der Waals surface area contributed by atoms with Crippen molar-refractivity contribution in [1.82, 2.24) is 0 Å². The number of aliphatic hydroxyl groups excluding tert-OH is 1. The molecule has 2 aromatic carbocycles. The van der Waals surface area contributed by atoms with Crippen LogP contribution in [0.5, 0.6) is 0 Å². The Morgan fingerprint density at radius 2 is 1.84 bits per heavy atom. The number of thioether (sulfide) groups is 1. The Morgan fingerprint density at radius 3 is 2.47 bits per heavy atom. The molecule has 0 saturated carbocycles. The van der Waals surface area contributed by atoms with E-state index >= 15 is 0 Å². The normalized spacial score (nSPS) is 12.4. The molecule has 100 valence electrons. The van der Waals surface area contributed by atoms with Crippen LogP contribution in [-0.4, -0.2) is 24.0 Å². The van der Waals surface area contributed by atoms with Crippen molar-refractivity contribution in [2.24, 2.45) is 5.73 Å². The van der Waals surface area contributed by atoms with Crippen molar-refractivity contribution in [2.75, 3.05) is 12.9 Å². The molecular weight excluding hydrogens is 254 g/mol. The van der Waals surface area contributed by atoms with Gasteiger partial charge >= 0.3 is 0 Å². The van der Waals surface area contributed by atoms with Crippen molar-refractivity contribution < 1.29 is 5.11 Å². The molecule has 0 bridgehead atoms. The molecule has 0 radical (unpaired) electrons. The second kappa shape index (κ2) is 6.75. The molecule has 0 aliphatic rings. The van der Waals surface area contributed by atoms with Crippen molar-refractivity contribution >= 4 is 11.8 Å². The Labute approximate surface area is 118 Å². The van der Waals surface area contributed by atoms with E-state index in [9.17, 15) is 0 Å². The third kappa shape index (κ3) is 3.83. The van der Waals surface area contributed by atoms with Crippen LogP contribution in [0.4, 0.5) is 0 Å². The second-order valence-electron chi connectivity index (χ2n) is 4.58. The summed E-state index contributed by atoms with van der Waals surface area (Å²) < 4.78 is 0. The van der Waals surface area contributed by atoms with Gasteiger partial charge in [-0.2, -0.15) is 0 Å². The Hall–Kier alpha value is -1.29. The van der Waals surface area contributed by atoms with Crippen LogP contribution in [0, 0.1) is 0 Å². The maximum absolute atomic E-state index is 9.01. The Bertz CT molecular complexity index is 525. The first kappa shape index (κ1) is 14.1. The lowest BCUT2D eigenvalue weighted by Gasteiger charge is -2.10. The van der Waals surface area contributed by atoms with E-state index in [1.165, 1.54) is 16.0 Å². The number of hydrogen-bond donors (Lipinski definition) is 2. The summed E-state index contributed by atoms with van der Waals surface area (Å²) in [4.78, 5) is 1.27. The van der Waals surface area contributed by atoms with E-state index < -0.39 is 0 Å². The highest BCUT2D eigenvalue weighted by molar-refractivity contribution is 7.98. The lowest BCUT2D eigenvalue weighted by Crippen LogP contribution is -2.26. The standard InChI is InChI=1S/C16H19NOS/c1-19-16-7-5-13(6-8-16)14-4-2-3-12(9-14)10-15(17)11-18/h2-9,15,18H,10-11,17H2,1H3. The molecule has 2 rings (SSSR count). The minimum atomic E-state index is -0.186. The zero-order valence-corrected chi connectivity index (χ0v) is 11.9. The molecule has 0 saturated heterocycles. The monoisotopic (exact) mass is 273 g/mol. The maximum Gasteiger partial charge on any atom is 0.0585 e. The average Bonchev–Trinajstić information content (AvgIpc) is 2.47. The predicted octanol–water partition coefficient (Wildman–Crippen LogP) is 2.94. The highest BCUT2D eigenvalue weighted by Gasteiger charge is 2.04. The first-order valence-electron chi connectivity index (χ1n) is 6.32. The van der Waals surface area contributed by atoms with Crippen molar-refractivity contribution in [3.63, 3.8) is 0 Å². The molecule has 19 heavy (non-hydrogen) atoms. The Morgan fingerprint density at radius 1 is 1.11 bits per heavy atom. The number of nitrogens with two attached hydrogens (primary N) is 1. The van der Waals surface area contributed by atoms with Gasteiger partial charge in [0.15, 0.2) is 0 Å². The minimum absolute atomic E-state index is 0.0205. The smallest absolute Gasteiger partial charge is 0.0585 e. The average molecular weight is 273 g/mol. The van der Waals surface area contributed by atoms with Crippen LogP contribution in [0.15, 0.2) is 53.4 Å². The molecular formula is C16H19NOS. The summed E-state index contributed by atoms with van der Waals surface area (Å²) in [5.41, 5.74) is 9.33. The summed E-state index contributed by atoms with van der Waals surface area (Å²) in [6.45, 7) is 0.0205. The second-order valence-corrected chi connectivity index (χ2v) is 5.46. The summed E-state index contributed by atoms with van der Waals surface area (Å²) in [7, 11) is 0. The van der Waals surface area contributed by atoms with Gasteiger partial charge in [-0.3, -0.25) is 0 Å². The molecule has 3 N–H and O–H groups in total. The molecule has 1 unspecified atom stereocenters. The van der Waals surface area contributed by atoms with Gasteiger partial charge in [-0.25, -0.2) is 0 Å². The van der Waals surface area contributed by atoms with Gasteiger partial charge in [-0.1, -0.05) is 36.4 Å². The van der Waals surface area contributed by atoms with E-state index in [4.69, 9.17) is 10.8 Å². The van der Waals surface area contributed by atoms with Crippen molar-refractivity contribution in [2.45, 2.75) is 17.4 Å². The summed E-state index contributed by atoms with van der Waals surface area (Å²) in [6, 6.07) is 16.7. The number of hydrogen-bond acceptors (Lipinski definition) is 3. The van der Waals surface area contributed by atoms with Gasteiger partial charge in [0.1, 0.15) is 0 Å². The predicted molar refractivity (Wildman–Crippen MR) is 82.4 cm³/mol. The Balaban J connectivity index is 2.21. The quantitative estimate of drug-likeness (QED) is 0.823. The van der Waals surface area contributed by atoms with Gasteiger partial charge in [0, 0.05) is 10.9 Å². The third-order valence-corrected chi connectivity index (χ3v) is 3.83. The highest BCUT2D eigenvalue weighted by Crippen LogP contribution is 2.24. The molecule has 0 aliphatic heterocycles. The van der Waals surface area contributed by atoms with E-state index in [2.05, 4.69) is 48.7 Å². The first-order chi connectivity index (χ1) is 9.22. The molecule has 3 heteroatoms. The van der Waals surface area contributed by atoms with Crippen LogP contribution in [-0.2, 0) is 6.42 Å². The van der Waals surface area contributed by atoms with Crippen LogP contribution >= 0.6 is 11.8 Å². The topological polar surface area (TPSA) is 46.2 Å².